The molecule has 1 aromatic carbocycles. The van der Waals surface area contributed by atoms with Crippen molar-refractivity contribution in [2.45, 2.75) is 13.8 Å². The zero-order chi connectivity index (χ0) is 10.6. The molecule has 3 heteroatoms. The number of amides is 1. The van der Waals surface area contributed by atoms with E-state index in [0.717, 1.165) is 9.26 Å². The van der Waals surface area contributed by atoms with Crippen LogP contribution in [0.4, 0.5) is 5.69 Å². The summed E-state index contributed by atoms with van der Waals surface area (Å²) in [5.74, 6) is -0.0906. The molecule has 0 radical (unpaired) electrons. The Morgan fingerprint density at radius 3 is 2.79 bits per heavy atom. The minimum absolute atomic E-state index is 0.0906. The summed E-state index contributed by atoms with van der Waals surface area (Å²) in [6.07, 6.45) is 3.22. The number of nitrogens with one attached hydrogen (secondary N) is 1. The van der Waals surface area contributed by atoms with Crippen LogP contribution in [0.25, 0.3) is 0 Å². The second-order valence-corrected chi connectivity index (χ2v) is 4.12. The van der Waals surface area contributed by atoms with E-state index < -0.39 is 0 Å². The first kappa shape index (κ1) is 11.2. The average molecular weight is 301 g/mol. The predicted octanol–water partition coefficient (Wildman–Crippen LogP) is 3.11. The van der Waals surface area contributed by atoms with Gasteiger partial charge in [0.1, 0.15) is 0 Å². The number of halogens is 1. The number of hydrogen-bond donors (Lipinski definition) is 1. The van der Waals surface area contributed by atoms with E-state index >= 15 is 0 Å². The summed E-state index contributed by atoms with van der Waals surface area (Å²) in [7, 11) is 0. The van der Waals surface area contributed by atoms with E-state index in [-0.39, 0.29) is 5.91 Å². The van der Waals surface area contributed by atoms with E-state index in [1.54, 1.807) is 6.08 Å². The van der Waals surface area contributed by atoms with Crippen molar-refractivity contribution in [3.8, 4) is 0 Å². The van der Waals surface area contributed by atoms with Gasteiger partial charge in [0.05, 0.1) is 0 Å². The maximum atomic E-state index is 11.2. The summed E-state index contributed by atoms with van der Waals surface area (Å²) in [4.78, 5) is 11.2. The number of anilines is 1. The van der Waals surface area contributed by atoms with E-state index in [1.807, 2.05) is 32.0 Å². The second kappa shape index (κ2) is 5.14. The lowest BCUT2D eigenvalue weighted by Gasteiger charge is -2.04. The highest BCUT2D eigenvalue weighted by molar-refractivity contribution is 14.1. The van der Waals surface area contributed by atoms with Crippen LogP contribution < -0.4 is 5.32 Å². The van der Waals surface area contributed by atoms with Crippen LogP contribution in [0.5, 0.6) is 0 Å². The Labute approximate surface area is 97.5 Å². The maximum Gasteiger partial charge on any atom is 0.248 e. The zero-order valence-electron chi connectivity index (χ0n) is 8.17. The van der Waals surface area contributed by atoms with Crippen molar-refractivity contribution < 1.29 is 4.79 Å². The van der Waals surface area contributed by atoms with Gasteiger partial charge in [-0.25, -0.2) is 0 Å². The molecule has 1 rings (SSSR count). The average Bonchev–Trinajstić information content (AvgIpc) is 2.12. The lowest BCUT2D eigenvalue weighted by Crippen LogP contribution is -2.07. The summed E-state index contributed by atoms with van der Waals surface area (Å²) in [6, 6.07) is 5.85. The molecule has 0 atom stereocenters. The third kappa shape index (κ3) is 3.14. The number of carbonyl (C=O) groups is 1. The SMILES string of the molecule is CC=CC(=O)Nc1ccc(C)c(I)c1. The van der Waals surface area contributed by atoms with Crippen molar-refractivity contribution in [1.82, 2.24) is 0 Å². The van der Waals surface area contributed by atoms with Crippen molar-refractivity contribution in [1.29, 1.82) is 0 Å². The van der Waals surface area contributed by atoms with E-state index in [9.17, 15) is 4.79 Å². The molecule has 2 nitrogen and oxygen atoms in total. The van der Waals surface area contributed by atoms with Gasteiger partial charge in [0.2, 0.25) is 5.91 Å². The molecule has 0 aliphatic rings. The molecule has 0 fully saturated rings. The predicted molar refractivity (Wildman–Crippen MR) is 67.3 cm³/mol. The molecule has 1 N–H and O–H groups in total. The lowest BCUT2D eigenvalue weighted by molar-refractivity contribution is -0.111. The van der Waals surface area contributed by atoms with Gasteiger partial charge in [-0.3, -0.25) is 4.79 Å². The Hall–Kier alpha value is -0.840. The third-order valence-electron chi connectivity index (χ3n) is 1.76. The molecule has 0 spiro atoms. The highest BCUT2D eigenvalue weighted by Gasteiger charge is 1.99. The number of carbonyl (C=O) groups excluding carboxylic acids is 1. The molecule has 0 aromatic heterocycles. The number of rotatable bonds is 2. The van der Waals surface area contributed by atoms with E-state index in [2.05, 4.69) is 27.9 Å². The van der Waals surface area contributed by atoms with Gasteiger partial charge in [0.25, 0.3) is 0 Å². The first-order valence-electron chi connectivity index (χ1n) is 4.33. The Balaban J connectivity index is 2.78. The molecule has 0 aliphatic carbocycles. The summed E-state index contributed by atoms with van der Waals surface area (Å²) in [6.45, 7) is 3.86. The molecule has 0 saturated heterocycles. The van der Waals surface area contributed by atoms with E-state index in [0.29, 0.717) is 0 Å². The van der Waals surface area contributed by atoms with Gasteiger partial charge in [-0.15, -0.1) is 0 Å². The molecular weight excluding hydrogens is 289 g/mol. The van der Waals surface area contributed by atoms with Crippen molar-refractivity contribution >= 4 is 34.2 Å². The van der Waals surface area contributed by atoms with Crippen molar-refractivity contribution in [3.05, 3.63) is 39.5 Å². The Morgan fingerprint density at radius 1 is 1.50 bits per heavy atom. The first-order chi connectivity index (χ1) is 6.63. The van der Waals surface area contributed by atoms with Crippen LogP contribution in [0.15, 0.2) is 30.4 Å². The standard InChI is InChI=1S/C11H12INO/c1-3-4-11(14)13-9-6-5-8(2)10(12)7-9/h3-7H,1-2H3,(H,13,14). The van der Waals surface area contributed by atoms with Gasteiger partial charge in [-0.05, 0) is 60.2 Å². The number of hydrogen-bond acceptors (Lipinski definition) is 1. The smallest absolute Gasteiger partial charge is 0.248 e. The van der Waals surface area contributed by atoms with Gasteiger partial charge in [-0.2, -0.15) is 0 Å². The fraction of sp³-hybridized carbons (Fsp3) is 0.182. The van der Waals surface area contributed by atoms with Gasteiger partial charge >= 0.3 is 0 Å². The van der Waals surface area contributed by atoms with Crippen LogP contribution in [0.2, 0.25) is 0 Å². The van der Waals surface area contributed by atoms with Gasteiger partial charge in [0, 0.05) is 9.26 Å². The highest BCUT2D eigenvalue weighted by Crippen LogP contribution is 2.16. The zero-order valence-corrected chi connectivity index (χ0v) is 10.3. The number of benzene rings is 1. The van der Waals surface area contributed by atoms with Crippen molar-refractivity contribution in [2.24, 2.45) is 0 Å². The Morgan fingerprint density at radius 2 is 2.21 bits per heavy atom. The summed E-state index contributed by atoms with van der Waals surface area (Å²) >= 11 is 2.25. The molecule has 0 heterocycles. The van der Waals surface area contributed by atoms with Crippen LogP contribution in [0.3, 0.4) is 0 Å². The molecule has 0 saturated carbocycles. The normalized spacial score (nSPS) is 10.5. The van der Waals surface area contributed by atoms with Gasteiger partial charge in [0.15, 0.2) is 0 Å². The molecule has 1 aromatic rings. The summed E-state index contributed by atoms with van der Waals surface area (Å²) < 4.78 is 1.15. The molecule has 0 unspecified atom stereocenters. The van der Waals surface area contributed by atoms with Crippen molar-refractivity contribution in [3.63, 3.8) is 0 Å². The van der Waals surface area contributed by atoms with Crippen LogP contribution >= 0.6 is 22.6 Å². The monoisotopic (exact) mass is 301 g/mol. The van der Waals surface area contributed by atoms with E-state index in [1.165, 1.54) is 11.6 Å². The number of aryl methyl sites for hydroxylation is 1. The minimum Gasteiger partial charge on any atom is -0.322 e. The van der Waals surface area contributed by atoms with E-state index in [4.69, 9.17) is 0 Å². The second-order valence-electron chi connectivity index (χ2n) is 2.95. The van der Waals surface area contributed by atoms with Gasteiger partial charge in [-0.1, -0.05) is 12.1 Å². The third-order valence-corrected chi connectivity index (χ3v) is 2.92. The minimum atomic E-state index is -0.0906. The molecule has 0 bridgehead atoms. The molecule has 14 heavy (non-hydrogen) atoms. The van der Waals surface area contributed by atoms with Crippen LogP contribution in [0, 0.1) is 10.5 Å². The first-order valence-corrected chi connectivity index (χ1v) is 5.41. The van der Waals surface area contributed by atoms with Crippen LogP contribution in [-0.2, 0) is 4.79 Å². The highest BCUT2D eigenvalue weighted by atomic mass is 127. The van der Waals surface area contributed by atoms with Crippen molar-refractivity contribution in [2.75, 3.05) is 5.32 Å². The Bertz CT molecular complexity index is 372. The molecule has 0 aliphatic heterocycles. The fourth-order valence-corrected chi connectivity index (χ4v) is 1.52. The summed E-state index contributed by atoms with van der Waals surface area (Å²) in [5, 5.41) is 2.78. The summed E-state index contributed by atoms with van der Waals surface area (Å²) in [5.41, 5.74) is 2.05. The van der Waals surface area contributed by atoms with Crippen LogP contribution in [0.1, 0.15) is 12.5 Å². The molecule has 74 valence electrons. The van der Waals surface area contributed by atoms with Gasteiger partial charge < -0.3 is 5.32 Å². The largest absolute Gasteiger partial charge is 0.322 e. The topological polar surface area (TPSA) is 29.1 Å². The Kier molecular flexibility index (Phi) is 4.13. The number of allylic oxidation sites excluding steroid dienone is 1. The quantitative estimate of drug-likeness (QED) is 0.660. The molecule has 1 amide bonds. The van der Waals surface area contributed by atoms with Crippen LogP contribution in [-0.4, -0.2) is 5.91 Å². The lowest BCUT2D eigenvalue weighted by atomic mass is 10.2. The molecular formula is C11H12INO. The maximum absolute atomic E-state index is 11.2. The fourth-order valence-electron chi connectivity index (χ4n) is 1.01.